The average Bonchev–Trinajstić information content (AvgIpc) is 3.47. The first-order valence-electron chi connectivity index (χ1n) is 9.45. The highest BCUT2D eigenvalue weighted by Gasteiger charge is 2.22. The lowest BCUT2D eigenvalue weighted by molar-refractivity contribution is 0.650. The van der Waals surface area contributed by atoms with Crippen LogP contribution < -0.4 is 10.5 Å². The van der Waals surface area contributed by atoms with Crippen molar-refractivity contribution in [2.24, 2.45) is 0 Å². The lowest BCUT2D eigenvalue weighted by Crippen LogP contribution is -2.24. The number of fused-ring (bicyclic) bond motifs is 1. The maximum absolute atomic E-state index is 13.2. The number of hydrogen-bond donors (Lipinski definition) is 0. The minimum atomic E-state index is -0.113. The van der Waals surface area contributed by atoms with Gasteiger partial charge in [0.1, 0.15) is 5.69 Å². The Bertz CT molecular complexity index is 1170. The zero-order valence-corrected chi connectivity index (χ0v) is 17.2. The van der Waals surface area contributed by atoms with Crippen molar-refractivity contribution in [1.29, 1.82) is 0 Å². The number of aromatic nitrogens is 3. The zero-order valence-electron chi connectivity index (χ0n) is 15.6. The third-order valence-electron chi connectivity index (χ3n) is 5.07. The number of thiazole rings is 1. The molecule has 7 heteroatoms. The molecule has 1 saturated heterocycles. The fraction of sp³-hybridized carbons (Fsp3) is 0.286. The van der Waals surface area contributed by atoms with E-state index in [2.05, 4.69) is 42.2 Å². The highest BCUT2D eigenvalue weighted by atomic mass is 32.1. The molecule has 5 rings (SSSR count). The van der Waals surface area contributed by atoms with E-state index in [-0.39, 0.29) is 5.56 Å². The molecule has 1 aromatic carbocycles. The number of thiophene rings is 1. The molecule has 1 fully saturated rings. The topological polar surface area (TPSA) is 51.0 Å². The molecule has 0 aliphatic carbocycles. The van der Waals surface area contributed by atoms with Crippen molar-refractivity contribution in [1.82, 2.24) is 14.8 Å². The first kappa shape index (κ1) is 17.6. The number of anilines is 1. The summed E-state index contributed by atoms with van der Waals surface area (Å²) in [7, 11) is 0. The summed E-state index contributed by atoms with van der Waals surface area (Å²) in [4.78, 5) is 21.3. The molecule has 142 valence electrons. The van der Waals surface area contributed by atoms with E-state index in [0.29, 0.717) is 12.1 Å². The Kier molecular flexibility index (Phi) is 4.49. The van der Waals surface area contributed by atoms with Crippen molar-refractivity contribution >= 4 is 38.0 Å². The summed E-state index contributed by atoms with van der Waals surface area (Å²) in [5.74, 6) is 0. The van der Waals surface area contributed by atoms with E-state index >= 15 is 0 Å². The molecule has 5 nitrogen and oxygen atoms in total. The van der Waals surface area contributed by atoms with Gasteiger partial charge in [0.25, 0.3) is 5.56 Å². The van der Waals surface area contributed by atoms with Gasteiger partial charge in [0.15, 0.2) is 10.6 Å². The summed E-state index contributed by atoms with van der Waals surface area (Å²) in [6, 6.07) is 12.3. The van der Waals surface area contributed by atoms with Gasteiger partial charge in [0, 0.05) is 13.1 Å². The van der Waals surface area contributed by atoms with E-state index in [1.54, 1.807) is 27.4 Å². The van der Waals surface area contributed by atoms with Gasteiger partial charge in [-0.2, -0.15) is 5.10 Å². The van der Waals surface area contributed by atoms with Crippen LogP contribution in [0.15, 0.2) is 46.6 Å². The summed E-state index contributed by atoms with van der Waals surface area (Å²) in [5, 5.41) is 7.75. The monoisotopic (exact) mass is 408 g/mol. The van der Waals surface area contributed by atoms with Crippen LogP contribution in [0.5, 0.6) is 0 Å². The normalized spacial score (nSPS) is 14.2. The number of hydrogen-bond acceptors (Lipinski definition) is 6. The molecule has 4 aromatic rings. The van der Waals surface area contributed by atoms with Crippen LogP contribution in [0.25, 0.3) is 20.8 Å². The van der Waals surface area contributed by atoms with Crippen LogP contribution in [0, 0.1) is 6.92 Å². The van der Waals surface area contributed by atoms with Gasteiger partial charge in [-0.25, -0.2) is 9.67 Å². The van der Waals surface area contributed by atoms with E-state index in [4.69, 9.17) is 10.1 Å². The molecule has 3 aromatic heterocycles. The number of aryl methyl sites for hydroxylation is 1. The van der Waals surface area contributed by atoms with Gasteiger partial charge in [-0.15, -0.1) is 11.3 Å². The Morgan fingerprint density at radius 1 is 1.11 bits per heavy atom. The molecular formula is C21H20N4OS2. The van der Waals surface area contributed by atoms with Crippen LogP contribution in [0.3, 0.4) is 0 Å². The standard InChI is InChI=1S/C21H20N4OS2/c1-14-6-8-15(9-7-14)13-25-20(26)18-19(17(23-25)16-5-4-12-27-16)28-21(22-18)24-10-2-3-11-24/h4-9,12H,2-3,10-11,13H2,1H3. The SMILES string of the molecule is Cc1ccc(Cn2nc(-c3cccs3)c3sc(N4CCCC4)nc3c2=O)cc1. The van der Waals surface area contributed by atoms with Crippen LogP contribution in [0.1, 0.15) is 24.0 Å². The Balaban J connectivity index is 1.67. The van der Waals surface area contributed by atoms with Crippen molar-refractivity contribution in [2.45, 2.75) is 26.3 Å². The maximum Gasteiger partial charge on any atom is 0.294 e. The zero-order chi connectivity index (χ0) is 19.1. The lowest BCUT2D eigenvalue weighted by Gasteiger charge is -2.11. The Morgan fingerprint density at radius 3 is 2.61 bits per heavy atom. The molecule has 0 unspecified atom stereocenters. The van der Waals surface area contributed by atoms with Crippen molar-refractivity contribution in [3.63, 3.8) is 0 Å². The molecule has 0 atom stereocenters. The third-order valence-corrected chi connectivity index (χ3v) is 7.07. The summed E-state index contributed by atoms with van der Waals surface area (Å²) >= 11 is 3.24. The van der Waals surface area contributed by atoms with Gasteiger partial charge in [-0.1, -0.05) is 47.2 Å². The molecule has 0 N–H and O–H groups in total. The lowest BCUT2D eigenvalue weighted by atomic mass is 10.1. The van der Waals surface area contributed by atoms with E-state index in [1.165, 1.54) is 18.4 Å². The van der Waals surface area contributed by atoms with Crippen molar-refractivity contribution < 1.29 is 0 Å². The Hall–Kier alpha value is -2.51. The van der Waals surface area contributed by atoms with Gasteiger partial charge in [0.05, 0.1) is 16.1 Å². The fourth-order valence-corrected chi connectivity index (χ4v) is 5.43. The molecule has 1 aliphatic rings. The Labute approximate surface area is 170 Å². The van der Waals surface area contributed by atoms with Crippen LogP contribution >= 0.6 is 22.7 Å². The smallest absolute Gasteiger partial charge is 0.294 e. The fourth-order valence-electron chi connectivity index (χ4n) is 3.54. The molecule has 4 heterocycles. The number of rotatable bonds is 4. The molecule has 0 radical (unpaired) electrons. The van der Waals surface area contributed by atoms with Gasteiger partial charge < -0.3 is 4.90 Å². The van der Waals surface area contributed by atoms with Crippen LogP contribution in [-0.4, -0.2) is 27.9 Å². The van der Waals surface area contributed by atoms with Crippen LogP contribution in [-0.2, 0) is 6.54 Å². The quantitative estimate of drug-likeness (QED) is 0.497. The minimum absolute atomic E-state index is 0.113. The maximum atomic E-state index is 13.2. The molecule has 0 spiro atoms. The number of nitrogens with zero attached hydrogens (tertiary/aromatic N) is 4. The first-order chi connectivity index (χ1) is 13.7. The molecule has 0 bridgehead atoms. The van der Waals surface area contributed by atoms with E-state index < -0.39 is 0 Å². The van der Waals surface area contributed by atoms with Gasteiger partial charge >= 0.3 is 0 Å². The molecule has 28 heavy (non-hydrogen) atoms. The third kappa shape index (κ3) is 3.14. The van der Waals surface area contributed by atoms with Gasteiger partial charge in [0.2, 0.25) is 0 Å². The second-order valence-corrected chi connectivity index (χ2v) is 9.07. The van der Waals surface area contributed by atoms with E-state index in [9.17, 15) is 4.79 Å². The average molecular weight is 409 g/mol. The van der Waals surface area contributed by atoms with Crippen LogP contribution in [0.2, 0.25) is 0 Å². The first-order valence-corrected chi connectivity index (χ1v) is 11.1. The predicted molar refractivity (Wildman–Crippen MR) is 117 cm³/mol. The van der Waals surface area contributed by atoms with E-state index in [1.807, 2.05) is 11.4 Å². The van der Waals surface area contributed by atoms with Gasteiger partial charge in [-0.05, 0) is 36.8 Å². The molecule has 0 amide bonds. The van der Waals surface area contributed by atoms with Gasteiger partial charge in [-0.3, -0.25) is 4.79 Å². The summed E-state index contributed by atoms with van der Waals surface area (Å²) in [6.45, 7) is 4.53. The summed E-state index contributed by atoms with van der Waals surface area (Å²) < 4.78 is 2.46. The van der Waals surface area contributed by atoms with Crippen molar-refractivity contribution in [3.8, 4) is 10.6 Å². The largest absolute Gasteiger partial charge is 0.348 e. The molecule has 1 aliphatic heterocycles. The predicted octanol–water partition coefficient (Wildman–Crippen LogP) is 4.54. The highest BCUT2D eigenvalue weighted by Crippen LogP contribution is 2.36. The molecule has 0 saturated carbocycles. The summed E-state index contributed by atoms with van der Waals surface area (Å²) in [6.07, 6.45) is 2.37. The Morgan fingerprint density at radius 2 is 1.89 bits per heavy atom. The number of benzene rings is 1. The summed E-state index contributed by atoms with van der Waals surface area (Å²) in [5.41, 5.74) is 3.55. The second kappa shape index (κ2) is 7.14. The van der Waals surface area contributed by atoms with Crippen LogP contribution in [0.4, 0.5) is 5.13 Å². The van der Waals surface area contributed by atoms with Crippen molar-refractivity contribution in [3.05, 3.63) is 63.3 Å². The second-order valence-electron chi connectivity index (χ2n) is 7.14. The minimum Gasteiger partial charge on any atom is -0.348 e. The highest BCUT2D eigenvalue weighted by molar-refractivity contribution is 7.23. The molecular weight excluding hydrogens is 388 g/mol. The van der Waals surface area contributed by atoms with Crippen molar-refractivity contribution in [2.75, 3.05) is 18.0 Å². The van der Waals surface area contributed by atoms with E-state index in [0.717, 1.165) is 39.1 Å².